The molecule has 0 saturated carbocycles. The highest BCUT2D eigenvalue weighted by atomic mass is 35.5. The van der Waals surface area contributed by atoms with Crippen LogP contribution < -0.4 is 19.9 Å². The van der Waals surface area contributed by atoms with Gasteiger partial charge in [0.25, 0.3) is 5.91 Å². The third-order valence-corrected chi connectivity index (χ3v) is 7.79. The first-order chi connectivity index (χ1) is 21.1. The number of fused-ring (bicyclic) bond motifs is 1. The minimum absolute atomic E-state index is 0. The van der Waals surface area contributed by atoms with Crippen LogP contribution in [-0.2, 0) is 13.0 Å². The van der Waals surface area contributed by atoms with Crippen LogP contribution in [0.4, 0.5) is 33.3 Å². The number of pyridine rings is 1. The van der Waals surface area contributed by atoms with Gasteiger partial charge in [0.15, 0.2) is 0 Å². The molecule has 5 rings (SSSR count). The average Bonchev–Trinajstić information content (AvgIpc) is 3.36. The van der Waals surface area contributed by atoms with Gasteiger partial charge in [-0.25, -0.2) is 13.8 Å². The van der Waals surface area contributed by atoms with E-state index in [9.17, 15) is 22.4 Å². The molecule has 1 saturated heterocycles. The Balaban J connectivity index is 0.00000461. The van der Waals surface area contributed by atoms with Gasteiger partial charge in [0, 0.05) is 50.2 Å². The fourth-order valence-electron chi connectivity index (χ4n) is 5.68. The zero-order valence-corrected chi connectivity index (χ0v) is 25.7. The molecule has 0 bridgehead atoms. The van der Waals surface area contributed by atoms with E-state index in [1.54, 1.807) is 28.7 Å². The smallest absolute Gasteiger partial charge is 0.406 e. The van der Waals surface area contributed by atoms with E-state index in [2.05, 4.69) is 26.9 Å². The molecule has 0 unspecified atom stereocenters. The summed E-state index contributed by atoms with van der Waals surface area (Å²) in [5, 5.41) is 2.83. The molecule has 3 heterocycles. The first kappa shape index (κ1) is 33.8. The van der Waals surface area contributed by atoms with Gasteiger partial charge in [-0.05, 0) is 60.9 Å². The summed E-state index contributed by atoms with van der Waals surface area (Å²) in [6.45, 7) is 5.67. The lowest BCUT2D eigenvalue weighted by atomic mass is 10.0. The van der Waals surface area contributed by atoms with Gasteiger partial charge in [0.2, 0.25) is 0 Å². The number of halogens is 6. The van der Waals surface area contributed by atoms with E-state index >= 15 is 4.39 Å². The largest absolute Gasteiger partial charge is 0.573 e. The third-order valence-electron chi connectivity index (χ3n) is 7.79. The number of aryl methyl sites for hydroxylation is 1. The fourth-order valence-corrected chi connectivity index (χ4v) is 5.68. The molecule has 1 aliphatic heterocycles. The lowest BCUT2D eigenvalue weighted by molar-refractivity contribution is -0.274. The van der Waals surface area contributed by atoms with Crippen LogP contribution in [0.1, 0.15) is 54.9 Å². The first-order valence-electron chi connectivity index (χ1n) is 14.7. The van der Waals surface area contributed by atoms with E-state index in [4.69, 9.17) is 0 Å². The van der Waals surface area contributed by atoms with Gasteiger partial charge < -0.3 is 19.9 Å². The summed E-state index contributed by atoms with van der Waals surface area (Å²) in [4.78, 5) is 21.6. The molecule has 4 aromatic rings. The Morgan fingerprint density at radius 3 is 2.47 bits per heavy atom. The van der Waals surface area contributed by atoms with Crippen molar-refractivity contribution >= 4 is 35.3 Å². The van der Waals surface area contributed by atoms with Gasteiger partial charge in [0.05, 0.1) is 11.4 Å². The van der Waals surface area contributed by atoms with Crippen molar-refractivity contribution in [2.24, 2.45) is 0 Å². The maximum absolute atomic E-state index is 15.5. The van der Waals surface area contributed by atoms with Crippen LogP contribution >= 0.6 is 12.4 Å². The number of benzene rings is 2. The molecule has 0 radical (unpaired) electrons. The molecule has 1 aliphatic rings. The number of carbonyl (C=O) groups excluding carboxylic acids is 1. The topological polar surface area (TPSA) is 62.1 Å². The zero-order valence-electron chi connectivity index (χ0n) is 24.9. The molecular formula is C32H35ClF5N5O2. The molecule has 242 valence electrons. The molecule has 1 N–H and O–H groups in total. The lowest BCUT2D eigenvalue weighted by Crippen LogP contribution is -2.53. The normalized spacial score (nSPS) is 15.2. The number of imidazole rings is 1. The van der Waals surface area contributed by atoms with Crippen LogP contribution in [0, 0.1) is 11.6 Å². The number of amides is 1. The van der Waals surface area contributed by atoms with Crippen LogP contribution in [0.15, 0.2) is 60.8 Å². The summed E-state index contributed by atoms with van der Waals surface area (Å²) in [6.07, 6.45) is -0.0345. The highest BCUT2D eigenvalue weighted by Gasteiger charge is 2.32. The van der Waals surface area contributed by atoms with Crippen molar-refractivity contribution in [3.05, 3.63) is 89.4 Å². The number of nitrogens with zero attached hydrogens (tertiary/aromatic N) is 4. The van der Waals surface area contributed by atoms with Gasteiger partial charge in [-0.1, -0.05) is 32.8 Å². The van der Waals surface area contributed by atoms with E-state index in [0.717, 1.165) is 24.9 Å². The second kappa shape index (κ2) is 14.4. The summed E-state index contributed by atoms with van der Waals surface area (Å²) in [6, 6.07) is 13.3. The number of rotatable bonds is 10. The molecule has 0 spiro atoms. The van der Waals surface area contributed by atoms with Gasteiger partial charge in [-0.2, -0.15) is 0 Å². The van der Waals surface area contributed by atoms with E-state index in [1.165, 1.54) is 36.5 Å². The van der Waals surface area contributed by atoms with Crippen LogP contribution in [-0.4, -0.2) is 47.3 Å². The van der Waals surface area contributed by atoms with Crippen LogP contribution in [0.2, 0.25) is 0 Å². The highest BCUT2D eigenvalue weighted by Crippen LogP contribution is 2.31. The Morgan fingerprint density at radius 2 is 1.80 bits per heavy atom. The second-order valence-electron chi connectivity index (χ2n) is 10.8. The molecule has 45 heavy (non-hydrogen) atoms. The van der Waals surface area contributed by atoms with Crippen LogP contribution in [0.3, 0.4) is 0 Å². The predicted molar refractivity (Wildman–Crippen MR) is 165 cm³/mol. The Kier molecular flexibility index (Phi) is 10.8. The number of alkyl halides is 3. The molecule has 1 atom stereocenters. The molecule has 2 aromatic heterocycles. The van der Waals surface area contributed by atoms with Crippen molar-refractivity contribution in [1.29, 1.82) is 0 Å². The van der Waals surface area contributed by atoms with Gasteiger partial charge in [-0.3, -0.25) is 9.20 Å². The lowest BCUT2D eigenvalue weighted by Gasteiger charge is -2.44. The minimum Gasteiger partial charge on any atom is -0.406 e. The molecule has 0 aliphatic carbocycles. The second-order valence-corrected chi connectivity index (χ2v) is 10.8. The Morgan fingerprint density at radius 1 is 1.04 bits per heavy atom. The van der Waals surface area contributed by atoms with Gasteiger partial charge in [0.1, 0.15) is 28.7 Å². The molecule has 2 aromatic carbocycles. The first-order valence-corrected chi connectivity index (χ1v) is 14.7. The third kappa shape index (κ3) is 7.97. The number of piperazine rings is 1. The summed E-state index contributed by atoms with van der Waals surface area (Å²) in [5.74, 6) is -1.52. The molecule has 1 amide bonds. The summed E-state index contributed by atoms with van der Waals surface area (Å²) >= 11 is 0. The van der Waals surface area contributed by atoms with Crippen molar-refractivity contribution in [3.63, 3.8) is 0 Å². The quantitative estimate of drug-likeness (QED) is 0.182. The number of hydrogen-bond acceptors (Lipinski definition) is 5. The maximum Gasteiger partial charge on any atom is 0.573 e. The molecule has 13 heteroatoms. The Hall–Kier alpha value is -4.06. The Labute approximate surface area is 264 Å². The van der Waals surface area contributed by atoms with Crippen LogP contribution in [0.25, 0.3) is 5.65 Å². The van der Waals surface area contributed by atoms with Crippen molar-refractivity contribution < 1.29 is 31.5 Å². The highest BCUT2D eigenvalue weighted by molar-refractivity contribution is 5.94. The van der Waals surface area contributed by atoms with Crippen LogP contribution in [0.5, 0.6) is 5.75 Å². The van der Waals surface area contributed by atoms with Crippen molar-refractivity contribution in [2.45, 2.75) is 58.5 Å². The van der Waals surface area contributed by atoms with E-state index in [0.29, 0.717) is 54.3 Å². The summed E-state index contributed by atoms with van der Waals surface area (Å²) < 4.78 is 72.4. The Bertz CT molecular complexity index is 1610. The number of unbranched alkanes of at least 4 members (excludes halogenated alkanes) is 1. The number of aromatic nitrogens is 2. The number of anilines is 2. The molecular weight excluding hydrogens is 617 g/mol. The number of carbonyl (C=O) groups is 1. The van der Waals surface area contributed by atoms with Gasteiger partial charge in [-0.15, -0.1) is 25.6 Å². The molecule has 1 fully saturated rings. The monoisotopic (exact) mass is 651 g/mol. The zero-order chi connectivity index (χ0) is 31.4. The average molecular weight is 652 g/mol. The predicted octanol–water partition coefficient (Wildman–Crippen LogP) is 7.31. The fraction of sp³-hybridized carbons (Fsp3) is 0.375. The maximum atomic E-state index is 15.5. The van der Waals surface area contributed by atoms with E-state index in [1.807, 2.05) is 11.8 Å². The van der Waals surface area contributed by atoms with E-state index in [-0.39, 0.29) is 30.7 Å². The number of nitrogens with one attached hydrogen (secondary N) is 1. The SMILES string of the molecule is CCCC[C@H]1CN(c2ccc(CNC(=O)c3c(CC)nc4cc(F)ccn34)cc2F)CCN1c1ccc(OC(F)(F)F)cc1.Cl. The minimum atomic E-state index is -4.75. The summed E-state index contributed by atoms with van der Waals surface area (Å²) in [7, 11) is 0. The summed E-state index contributed by atoms with van der Waals surface area (Å²) in [5.41, 5.74) is 3.02. The van der Waals surface area contributed by atoms with Crippen molar-refractivity contribution in [2.75, 3.05) is 29.4 Å². The van der Waals surface area contributed by atoms with Crippen molar-refractivity contribution in [1.82, 2.24) is 14.7 Å². The van der Waals surface area contributed by atoms with E-state index < -0.39 is 23.9 Å². The number of ether oxygens (including phenoxy) is 1. The number of hydrogen-bond donors (Lipinski definition) is 1. The van der Waals surface area contributed by atoms with Crippen molar-refractivity contribution in [3.8, 4) is 5.75 Å². The standard InChI is InChI=1S/C32H34F5N5O2.ClH/c1-3-5-6-24-20-40(15-16-41(24)23-8-10-25(11-9-23)44-32(35,36)37)28-12-7-21(17-26(28)34)19-38-31(43)30-27(4-2)39-29-18-22(33)13-14-42(29)30;/h7-14,17-18,24H,3-6,15-16,19-20H2,1-2H3,(H,38,43);1H/t24-;/m0./s1. The molecule has 7 nitrogen and oxygen atoms in total. The van der Waals surface area contributed by atoms with Gasteiger partial charge >= 0.3 is 6.36 Å².